The molecular formula is C13H18FNO. The van der Waals surface area contributed by atoms with Gasteiger partial charge in [-0.3, -0.25) is 4.79 Å². The van der Waals surface area contributed by atoms with E-state index in [1.165, 1.54) is 12.1 Å². The zero-order valence-electron chi connectivity index (χ0n) is 9.79. The predicted molar refractivity (Wildman–Crippen MR) is 63.8 cm³/mol. The number of hydrogen-bond donors (Lipinski definition) is 1. The van der Waals surface area contributed by atoms with Crippen LogP contribution in [0.15, 0.2) is 18.2 Å². The van der Waals surface area contributed by atoms with Crippen molar-refractivity contribution in [1.29, 1.82) is 0 Å². The highest BCUT2D eigenvalue weighted by molar-refractivity contribution is 5.96. The summed E-state index contributed by atoms with van der Waals surface area (Å²) in [5.41, 5.74) is 5.84. The molecule has 1 rings (SSSR count). The molecule has 2 N–H and O–H groups in total. The van der Waals surface area contributed by atoms with E-state index in [-0.39, 0.29) is 11.5 Å². The van der Waals surface area contributed by atoms with E-state index in [4.69, 9.17) is 5.73 Å². The summed E-state index contributed by atoms with van der Waals surface area (Å²) >= 11 is 0. The summed E-state index contributed by atoms with van der Waals surface area (Å²) in [5.74, 6) is 0.0604. The molecule has 0 aliphatic heterocycles. The number of carbonyl (C=O) groups excluding carboxylic acids is 1. The summed E-state index contributed by atoms with van der Waals surface area (Å²) in [6, 6.07) is 4.23. The number of nitrogens with two attached hydrogens (primary N) is 1. The number of carbonyl (C=O) groups is 1. The quantitative estimate of drug-likeness (QED) is 0.614. The Kier molecular flexibility index (Phi) is 4.47. The fraction of sp³-hybridized carbons (Fsp3) is 0.462. The molecule has 0 unspecified atom stereocenters. The van der Waals surface area contributed by atoms with Crippen LogP contribution in [0.4, 0.5) is 10.1 Å². The Bertz CT molecular complexity index is 374. The molecule has 0 amide bonds. The summed E-state index contributed by atoms with van der Waals surface area (Å²) in [4.78, 5) is 11.7. The smallest absolute Gasteiger partial charge is 0.162 e. The van der Waals surface area contributed by atoms with Gasteiger partial charge in [-0.1, -0.05) is 20.3 Å². The fourth-order valence-corrected chi connectivity index (χ4v) is 1.52. The van der Waals surface area contributed by atoms with Crippen molar-refractivity contribution in [3.63, 3.8) is 0 Å². The lowest BCUT2D eigenvalue weighted by Crippen LogP contribution is -2.02. The Morgan fingerprint density at radius 2 is 2.12 bits per heavy atom. The first kappa shape index (κ1) is 12.7. The summed E-state index contributed by atoms with van der Waals surface area (Å²) in [5, 5.41) is 0. The molecule has 0 aliphatic rings. The van der Waals surface area contributed by atoms with Crippen molar-refractivity contribution in [1.82, 2.24) is 0 Å². The van der Waals surface area contributed by atoms with Gasteiger partial charge in [-0.25, -0.2) is 4.39 Å². The lowest BCUT2D eigenvalue weighted by Gasteiger charge is -2.04. The topological polar surface area (TPSA) is 43.1 Å². The van der Waals surface area contributed by atoms with E-state index in [1.54, 1.807) is 6.07 Å². The number of anilines is 1. The number of ketones is 1. The Balaban J connectivity index is 2.56. The van der Waals surface area contributed by atoms with Crippen LogP contribution in [0.3, 0.4) is 0 Å². The van der Waals surface area contributed by atoms with Crippen molar-refractivity contribution < 1.29 is 9.18 Å². The first-order valence-corrected chi connectivity index (χ1v) is 5.59. The molecule has 0 aliphatic carbocycles. The maximum atomic E-state index is 13.1. The number of nitrogen functional groups attached to an aromatic ring is 1. The molecule has 0 saturated heterocycles. The molecule has 0 saturated carbocycles. The lowest BCUT2D eigenvalue weighted by atomic mass is 10.0. The molecule has 1 aromatic carbocycles. The molecule has 2 nitrogen and oxygen atoms in total. The molecule has 0 radical (unpaired) electrons. The largest absolute Gasteiger partial charge is 0.396 e. The van der Waals surface area contributed by atoms with Crippen LogP contribution in [-0.4, -0.2) is 5.78 Å². The molecule has 0 spiro atoms. The van der Waals surface area contributed by atoms with Crippen molar-refractivity contribution in [3.05, 3.63) is 29.6 Å². The van der Waals surface area contributed by atoms with Crippen LogP contribution in [0, 0.1) is 11.7 Å². The van der Waals surface area contributed by atoms with E-state index < -0.39 is 5.82 Å². The molecule has 0 bridgehead atoms. The van der Waals surface area contributed by atoms with Gasteiger partial charge in [0.2, 0.25) is 0 Å². The van der Waals surface area contributed by atoms with Gasteiger partial charge in [0.1, 0.15) is 5.82 Å². The monoisotopic (exact) mass is 223 g/mol. The number of benzene rings is 1. The van der Waals surface area contributed by atoms with E-state index in [2.05, 4.69) is 13.8 Å². The highest BCUT2D eigenvalue weighted by Gasteiger charge is 2.08. The minimum Gasteiger partial charge on any atom is -0.396 e. The minimum absolute atomic E-state index is 0.0143. The minimum atomic E-state index is -0.519. The molecule has 0 heterocycles. The Labute approximate surface area is 95.7 Å². The molecule has 16 heavy (non-hydrogen) atoms. The molecule has 0 atom stereocenters. The van der Waals surface area contributed by atoms with Gasteiger partial charge in [-0.2, -0.15) is 0 Å². The van der Waals surface area contributed by atoms with Gasteiger partial charge in [0.15, 0.2) is 5.78 Å². The first-order valence-electron chi connectivity index (χ1n) is 5.59. The zero-order valence-corrected chi connectivity index (χ0v) is 9.79. The SMILES string of the molecule is CC(C)CCCC(=O)c1ccc(N)c(F)c1. The third kappa shape index (κ3) is 3.65. The van der Waals surface area contributed by atoms with Crippen molar-refractivity contribution in [2.75, 3.05) is 5.73 Å². The average molecular weight is 223 g/mol. The molecule has 88 valence electrons. The summed E-state index contributed by atoms with van der Waals surface area (Å²) in [6.45, 7) is 4.24. The highest BCUT2D eigenvalue weighted by atomic mass is 19.1. The van der Waals surface area contributed by atoms with Crippen LogP contribution in [0.5, 0.6) is 0 Å². The summed E-state index contributed by atoms with van der Waals surface area (Å²) in [6.07, 6.45) is 2.34. The van der Waals surface area contributed by atoms with Crippen LogP contribution in [-0.2, 0) is 0 Å². The molecule has 1 aromatic rings. The van der Waals surface area contributed by atoms with Crippen LogP contribution in [0.1, 0.15) is 43.5 Å². The standard InChI is InChI=1S/C13H18FNO/c1-9(2)4-3-5-13(16)10-6-7-12(15)11(14)8-10/h6-9H,3-5,15H2,1-2H3. The number of halogens is 1. The normalized spacial score (nSPS) is 10.8. The van der Waals surface area contributed by atoms with Gasteiger partial charge in [0.25, 0.3) is 0 Å². The molecule has 0 fully saturated rings. The number of rotatable bonds is 5. The van der Waals surface area contributed by atoms with Crippen LogP contribution in [0.2, 0.25) is 0 Å². The van der Waals surface area contributed by atoms with E-state index in [0.29, 0.717) is 17.9 Å². The molecule has 0 aromatic heterocycles. The van der Waals surface area contributed by atoms with Gasteiger partial charge in [-0.15, -0.1) is 0 Å². The van der Waals surface area contributed by atoms with Gasteiger partial charge in [0, 0.05) is 12.0 Å². The second-order valence-electron chi connectivity index (χ2n) is 4.45. The van der Waals surface area contributed by atoms with Gasteiger partial charge < -0.3 is 5.73 Å². The average Bonchev–Trinajstić information content (AvgIpc) is 2.21. The van der Waals surface area contributed by atoms with E-state index >= 15 is 0 Å². The van der Waals surface area contributed by atoms with Crippen molar-refractivity contribution in [2.24, 2.45) is 5.92 Å². The second kappa shape index (κ2) is 5.64. The summed E-state index contributed by atoms with van der Waals surface area (Å²) in [7, 11) is 0. The molecular weight excluding hydrogens is 205 g/mol. The number of Topliss-reactive ketones (excluding diaryl/α,β-unsaturated/α-hetero) is 1. The first-order chi connectivity index (χ1) is 7.50. The maximum Gasteiger partial charge on any atom is 0.162 e. The van der Waals surface area contributed by atoms with Gasteiger partial charge in [-0.05, 0) is 30.5 Å². The van der Waals surface area contributed by atoms with Gasteiger partial charge >= 0.3 is 0 Å². The second-order valence-corrected chi connectivity index (χ2v) is 4.45. The Morgan fingerprint density at radius 3 is 2.69 bits per heavy atom. The van der Waals surface area contributed by atoms with E-state index in [9.17, 15) is 9.18 Å². The highest BCUT2D eigenvalue weighted by Crippen LogP contribution is 2.15. The summed E-state index contributed by atoms with van der Waals surface area (Å²) < 4.78 is 13.1. The lowest BCUT2D eigenvalue weighted by molar-refractivity contribution is 0.0978. The van der Waals surface area contributed by atoms with Crippen LogP contribution < -0.4 is 5.73 Å². The third-order valence-corrected chi connectivity index (χ3v) is 2.51. The van der Waals surface area contributed by atoms with Crippen LogP contribution >= 0.6 is 0 Å². The van der Waals surface area contributed by atoms with Gasteiger partial charge in [0.05, 0.1) is 5.69 Å². The molecule has 3 heteroatoms. The van der Waals surface area contributed by atoms with Crippen LogP contribution in [0.25, 0.3) is 0 Å². The Morgan fingerprint density at radius 1 is 1.44 bits per heavy atom. The maximum absolute atomic E-state index is 13.1. The Hall–Kier alpha value is -1.38. The van der Waals surface area contributed by atoms with Crippen molar-refractivity contribution in [2.45, 2.75) is 33.1 Å². The van der Waals surface area contributed by atoms with E-state index in [0.717, 1.165) is 12.8 Å². The third-order valence-electron chi connectivity index (χ3n) is 2.51. The van der Waals surface area contributed by atoms with Crippen molar-refractivity contribution >= 4 is 11.5 Å². The van der Waals surface area contributed by atoms with E-state index in [1.807, 2.05) is 0 Å². The predicted octanol–water partition coefficient (Wildman–Crippen LogP) is 3.42. The fourth-order valence-electron chi connectivity index (χ4n) is 1.52. The van der Waals surface area contributed by atoms with Crippen molar-refractivity contribution in [3.8, 4) is 0 Å². The number of hydrogen-bond acceptors (Lipinski definition) is 2. The zero-order chi connectivity index (χ0) is 12.1.